The lowest BCUT2D eigenvalue weighted by Crippen LogP contribution is -2.32. The molecule has 2 heterocycles. The molecule has 0 bridgehead atoms. The lowest BCUT2D eigenvalue weighted by Gasteiger charge is -2.16. The lowest BCUT2D eigenvalue weighted by atomic mass is 10.2. The number of hydrogen-bond donors (Lipinski definition) is 3. The number of fused-ring (bicyclic) bond motifs is 1. The monoisotopic (exact) mass is 631 g/mol. The van der Waals surface area contributed by atoms with Gasteiger partial charge in [0.05, 0.1) is 30.9 Å². The number of aromatic amines is 1. The Balaban J connectivity index is 0.000000192. The minimum atomic E-state index is -0.319. The Kier molecular flexibility index (Phi) is 13.9. The molecule has 1 aromatic heterocycles. The molecule has 45 heavy (non-hydrogen) atoms. The van der Waals surface area contributed by atoms with Gasteiger partial charge >= 0.3 is 0 Å². The van der Waals surface area contributed by atoms with Gasteiger partial charge in [-0.2, -0.15) is 0 Å². The molecule has 11 heteroatoms. The minimum Gasteiger partial charge on any atom is -0.494 e. The average Bonchev–Trinajstić information content (AvgIpc) is 3.70. The first kappa shape index (κ1) is 34.7. The number of carbonyl (C=O) groups is 2. The molecule has 0 atom stereocenters. The smallest absolute Gasteiger partial charge is 0.258 e. The molecule has 1 aliphatic carbocycles. The normalized spacial score (nSPS) is 13.1. The second kappa shape index (κ2) is 18.1. The number of anilines is 2. The molecule has 2 amide bonds. The zero-order valence-electron chi connectivity index (χ0n) is 25.4. The summed E-state index contributed by atoms with van der Waals surface area (Å²) in [5.41, 5.74) is 2.09. The Bertz CT molecular complexity index is 1620. The molecule has 9 nitrogen and oxygen atoms in total. The Morgan fingerprint density at radius 1 is 1.04 bits per heavy atom. The number of hydrogen-bond acceptors (Lipinski definition) is 7. The molecular weight excluding hydrogens is 593 g/mol. The molecule has 0 radical (unpaired) electrons. The van der Waals surface area contributed by atoms with Gasteiger partial charge in [0, 0.05) is 41.5 Å². The Labute approximate surface area is 267 Å². The van der Waals surface area contributed by atoms with Crippen molar-refractivity contribution in [2.24, 2.45) is 0 Å². The van der Waals surface area contributed by atoms with Crippen molar-refractivity contribution in [1.82, 2.24) is 14.9 Å². The number of nitrogens with zero attached hydrogens (tertiary/aromatic N) is 2. The molecule has 0 unspecified atom stereocenters. The molecule has 4 aromatic rings. The first-order chi connectivity index (χ1) is 21.8. The summed E-state index contributed by atoms with van der Waals surface area (Å²) in [6.45, 7) is 3.47. The fourth-order valence-corrected chi connectivity index (χ4v) is 5.29. The predicted octanol–water partition coefficient (Wildman–Crippen LogP) is 5.94. The van der Waals surface area contributed by atoms with Gasteiger partial charge in [-0.3, -0.25) is 14.4 Å². The molecule has 6 rings (SSSR count). The SMILES string of the molecule is C#C.CC(=O)Nc1ccc(SC2CC2)cc1.COc1ccccc1F.O=C(CNc1ccc2nc[nH]c(=O)c2c1)N1CCCC1. The second-order valence-electron chi connectivity index (χ2n) is 10.1. The van der Waals surface area contributed by atoms with Gasteiger partial charge in [0.2, 0.25) is 11.8 Å². The topological polar surface area (TPSA) is 116 Å². The van der Waals surface area contributed by atoms with E-state index in [0.717, 1.165) is 42.6 Å². The number of terminal acetylenes is 1. The first-order valence-electron chi connectivity index (χ1n) is 14.5. The van der Waals surface area contributed by atoms with E-state index in [-0.39, 0.29) is 35.5 Å². The number of H-pyrrole nitrogens is 1. The van der Waals surface area contributed by atoms with Crippen LogP contribution in [-0.4, -0.2) is 58.7 Å². The Morgan fingerprint density at radius 2 is 1.71 bits per heavy atom. The van der Waals surface area contributed by atoms with Crippen LogP contribution < -0.4 is 20.9 Å². The maximum absolute atomic E-state index is 12.5. The highest BCUT2D eigenvalue weighted by Crippen LogP contribution is 2.39. The molecule has 2 aliphatic rings. The van der Waals surface area contributed by atoms with Gasteiger partial charge in [0.1, 0.15) is 0 Å². The van der Waals surface area contributed by atoms with Crippen molar-refractivity contribution in [3.05, 3.63) is 89.2 Å². The zero-order valence-corrected chi connectivity index (χ0v) is 26.2. The van der Waals surface area contributed by atoms with E-state index in [9.17, 15) is 18.8 Å². The molecule has 2 fully saturated rings. The highest BCUT2D eigenvalue weighted by Gasteiger charge is 2.22. The summed E-state index contributed by atoms with van der Waals surface area (Å²) < 4.78 is 17.1. The number of rotatable bonds is 7. The number of carbonyl (C=O) groups excluding carboxylic acids is 2. The van der Waals surface area contributed by atoms with Crippen LogP contribution in [0.15, 0.2) is 82.7 Å². The standard InChI is InChI=1S/C14H16N4O2.C11H13NOS.C7H7FO.C2H2/c19-13(18-5-1-2-6-18)8-15-10-3-4-12-11(7-10)14(20)17-9-16-12;1-8(13)12-9-2-4-10(5-3-9)14-11-6-7-11;1-9-7-5-3-2-4-6(7)8;1-2/h3-4,7,9,15H,1-2,5-6,8H2,(H,16,17,20);2-5,11H,6-7H2,1H3,(H,12,13);2-5H,1H3;1-2H. The zero-order chi connectivity index (χ0) is 32.6. The van der Waals surface area contributed by atoms with Crippen molar-refractivity contribution in [2.75, 3.05) is 37.4 Å². The third-order valence-electron chi connectivity index (χ3n) is 6.60. The molecule has 1 aliphatic heterocycles. The lowest BCUT2D eigenvalue weighted by molar-refractivity contribution is -0.128. The van der Waals surface area contributed by atoms with Crippen molar-refractivity contribution in [3.63, 3.8) is 0 Å². The van der Waals surface area contributed by atoms with E-state index in [1.54, 1.807) is 30.3 Å². The van der Waals surface area contributed by atoms with Gasteiger partial charge in [-0.25, -0.2) is 9.37 Å². The number of nitrogens with one attached hydrogen (secondary N) is 3. The highest BCUT2D eigenvalue weighted by molar-refractivity contribution is 8.00. The van der Waals surface area contributed by atoms with E-state index >= 15 is 0 Å². The number of aromatic nitrogens is 2. The van der Waals surface area contributed by atoms with Gasteiger partial charge in [0.15, 0.2) is 11.6 Å². The number of methoxy groups -OCH3 is 1. The third kappa shape index (κ3) is 11.7. The molecule has 1 saturated carbocycles. The number of likely N-dealkylation sites (tertiary alicyclic amines) is 1. The summed E-state index contributed by atoms with van der Waals surface area (Å²) in [7, 11) is 1.44. The summed E-state index contributed by atoms with van der Waals surface area (Å²) in [6.07, 6.45) is 14.2. The van der Waals surface area contributed by atoms with Crippen LogP contribution >= 0.6 is 11.8 Å². The number of amides is 2. The fraction of sp³-hybridized carbons (Fsp3) is 0.294. The molecular formula is C34H38FN5O4S. The number of ether oxygens (including phenoxy) is 1. The Morgan fingerprint density at radius 3 is 2.31 bits per heavy atom. The van der Waals surface area contributed by atoms with E-state index in [0.29, 0.717) is 10.9 Å². The van der Waals surface area contributed by atoms with E-state index in [1.807, 2.05) is 34.9 Å². The predicted molar refractivity (Wildman–Crippen MR) is 179 cm³/mol. The van der Waals surface area contributed by atoms with E-state index in [4.69, 9.17) is 0 Å². The van der Waals surface area contributed by atoms with Gasteiger partial charge in [-0.05, 0) is 80.3 Å². The van der Waals surface area contributed by atoms with Crippen LogP contribution in [0.5, 0.6) is 5.75 Å². The quantitative estimate of drug-likeness (QED) is 0.216. The van der Waals surface area contributed by atoms with Gasteiger partial charge < -0.3 is 25.3 Å². The average molecular weight is 632 g/mol. The molecule has 3 N–H and O–H groups in total. The van der Waals surface area contributed by atoms with Crippen molar-refractivity contribution in [3.8, 4) is 18.6 Å². The van der Waals surface area contributed by atoms with Crippen LogP contribution in [0.3, 0.4) is 0 Å². The van der Waals surface area contributed by atoms with E-state index in [1.165, 1.54) is 44.2 Å². The van der Waals surface area contributed by atoms with Crippen LogP contribution in [-0.2, 0) is 9.59 Å². The summed E-state index contributed by atoms with van der Waals surface area (Å²) >= 11 is 1.92. The Hall–Kier alpha value is -4.82. The molecule has 0 spiro atoms. The highest BCUT2D eigenvalue weighted by atomic mass is 32.2. The maximum Gasteiger partial charge on any atom is 0.258 e. The van der Waals surface area contributed by atoms with Gasteiger partial charge in [0.25, 0.3) is 5.56 Å². The van der Waals surface area contributed by atoms with Crippen LogP contribution in [0.4, 0.5) is 15.8 Å². The molecule has 3 aromatic carbocycles. The fourth-order valence-electron chi connectivity index (χ4n) is 4.24. The van der Waals surface area contributed by atoms with Crippen molar-refractivity contribution in [1.29, 1.82) is 0 Å². The summed E-state index contributed by atoms with van der Waals surface area (Å²) in [4.78, 5) is 44.2. The van der Waals surface area contributed by atoms with Crippen molar-refractivity contribution in [2.45, 2.75) is 42.8 Å². The van der Waals surface area contributed by atoms with E-state index in [2.05, 4.69) is 50.3 Å². The summed E-state index contributed by atoms with van der Waals surface area (Å²) in [5.74, 6) is 0.0489. The van der Waals surface area contributed by atoms with Gasteiger partial charge in [-0.15, -0.1) is 24.6 Å². The first-order valence-corrected chi connectivity index (χ1v) is 15.4. The van der Waals surface area contributed by atoms with Crippen LogP contribution in [0.2, 0.25) is 0 Å². The number of thioether (sulfide) groups is 1. The molecule has 236 valence electrons. The number of benzene rings is 3. The number of para-hydroxylation sites is 1. The minimum absolute atomic E-state index is 0.0207. The third-order valence-corrected chi connectivity index (χ3v) is 7.95. The molecule has 1 saturated heterocycles. The van der Waals surface area contributed by atoms with Crippen molar-refractivity contribution >= 4 is 45.9 Å². The summed E-state index contributed by atoms with van der Waals surface area (Å²) in [5, 5.41) is 7.18. The maximum atomic E-state index is 12.5. The van der Waals surface area contributed by atoms with E-state index < -0.39 is 0 Å². The van der Waals surface area contributed by atoms with Crippen molar-refractivity contribution < 1.29 is 18.7 Å². The second-order valence-corrected chi connectivity index (χ2v) is 11.4. The number of halogens is 1. The summed E-state index contributed by atoms with van der Waals surface area (Å²) in [6, 6.07) is 19.6. The van der Waals surface area contributed by atoms with Crippen LogP contribution in [0.1, 0.15) is 32.6 Å². The van der Waals surface area contributed by atoms with Crippen LogP contribution in [0, 0.1) is 18.7 Å². The van der Waals surface area contributed by atoms with Crippen LogP contribution in [0.25, 0.3) is 10.9 Å². The van der Waals surface area contributed by atoms with Gasteiger partial charge in [-0.1, -0.05) is 12.1 Å². The largest absolute Gasteiger partial charge is 0.494 e.